The predicted molar refractivity (Wildman–Crippen MR) is 113 cm³/mol. The van der Waals surface area contributed by atoms with Crippen LogP contribution < -0.4 is 5.32 Å². The second-order valence-corrected chi connectivity index (χ2v) is 7.56. The fourth-order valence-corrected chi connectivity index (χ4v) is 3.74. The topological polar surface area (TPSA) is 56.1 Å². The lowest BCUT2D eigenvalue weighted by molar-refractivity contribution is -0.117. The van der Waals surface area contributed by atoms with Crippen molar-refractivity contribution in [3.63, 3.8) is 0 Å². The Bertz CT molecular complexity index is 982. The van der Waals surface area contributed by atoms with E-state index in [1.165, 1.54) is 0 Å². The van der Waals surface area contributed by atoms with Crippen molar-refractivity contribution in [1.29, 1.82) is 5.26 Å². The number of amides is 1. The summed E-state index contributed by atoms with van der Waals surface area (Å²) in [5.41, 5.74) is 2.44. The van der Waals surface area contributed by atoms with E-state index in [0.717, 1.165) is 21.0 Å². The van der Waals surface area contributed by atoms with Crippen LogP contribution in [0.5, 0.6) is 0 Å². The van der Waals surface area contributed by atoms with Crippen molar-refractivity contribution in [2.45, 2.75) is 16.3 Å². The van der Waals surface area contributed by atoms with Gasteiger partial charge in [-0.05, 0) is 49.0 Å². The standard InChI is InChI=1S/C23H21N3OS/c1-26(16-19-9-7-8-18(14-19)15-24)17-23(27)25-21-12-5-6-13-22(21)28-20-10-3-2-4-11-20/h2-14H,16-17H2,1H3,(H,25,27). The van der Waals surface area contributed by atoms with E-state index >= 15 is 0 Å². The molecule has 1 amide bonds. The van der Waals surface area contributed by atoms with Gasteiger partial charge in [-0.2, -0.15) is 5.26 Å². The number of nitrogens with one attached hydrogen (secondary N) is 1. The van der Waals surface area contributed by atoms with Gasteiger partial charge in [-0.15, -0.1) is 0 Å². The highest BCUT2D eigenvalue weighted by molar-refractivity contribution is 7.99. The molecule has 1 N–H and O–H groups in total. The highest BCUT2D eigenvalue weighted by Crippen LogP contribution is 2.33. The maximum atomic E-state index is 12.5. The molecule has 0 unspecified atom stereocenters. The number of para-hydroxylation sites is 1. The predicted octanol–water partition coefficient (Wildman–Crippen LogP) is 4.78. The van der Waals surface area contributed by atoms with Crippen LogP contribution in [0.15, 0.2) is 88.7 Å². The third-order valence-electron chi connectivity index (χ3n) is 4.05. The largest absolute Gasteiger partial charge is 0.324 e. The highest BCUT2D eigenvalue weighted by Gasteiger charge is 2.11. The first-order chi connectivity index (χ1) is 13.6. The number of nitrogens with zero attached hydrogens (tertiary/aromatic N) is 2. The summed E-state index contributed by atoms with van der Waals surface area (Å²) in [5, 5.41) is 12.0. The summed E-state index contributed by atoms with van der Waals surface area (Å²) in [6, 6.07) is 27.5. The Morgan fingerprint density at radius 3 is 2.57 bits per heavy atom. The summed E-state index contributed by atoms with van der Waals surface area (Å²) in [6.07, 6.45) is 0. The third kappa shape index (κ3) is 5.71. The lowest BCUT2D eigenvalue weighted by Crippen LogP contribution is -2.30. The van der Waals surface area contributed by atoms with Crippen molar-refractivity contribution in [3.8, 4) is 6.07 Å². The normalized spacial score (nSPS) is 10.5. The summed E-state index contributed by atoms with van der Waals surface area (Å²) in [4.78, 5) is 16.6. The van der Waals surface area contributed by atoms with Crippen LogP contribution in [0.1, 0.15) is 11.1 Å². The molecule has 0 aliphatic rings. The summed E-state index contributed by atoms with van der Waals surface area (Å²) < 4.78 is 0. The molecule has 0 aliphatic carbocycles. The minimum atomic E-state index is -0.0694. The molecule has 0 saturated carbocycles. The third-order valence-corrected chi connectivity index (χ3v) is 5.14. The van der Waals surface area contributed by atoms with E-state index in [9.17, 15) is 4.79 Å². The van der Waals surface area contributed by atoms with Crippen molar-refractivity contribution >= 4 is 23.4 Å². The van der Waals surface area contributed by atoms with Crippen molar-refractivity contribution in [2.75, 3.05) is 18.9 Å². The van der Waals surface area contributed by atoms with Gasteiger partial charge in [0.2, 0.25) is 5.91 Å². The van der Waals surface area contributed by atoms with Crippen LogP contribution in [-0.4, -0.2) is 24.4 Å². The van der Waals surface area contributed by atoms with Gasteiger partial charge in [-0.1, -0.05) is 54.2 Å². The molecule has 3 aromatic carbocycles. The van der Waals surface area contributed by atoms with Crippen LogP contribution in [0.2, 0.25) is 0 Å². The molecule has 0 saturated heterocycles. The molecule has 0 atom stereocenters. The Morgan fingerprint density at radius 2 is 1.79 bits per heavy atom. The van der Waals surface area contributed by atoms with Crippen LogP contribution in [0, 0.1) is 11.3 Å². The molecule has 3 rings (SSSR count). The molecule has 5 heteroatoms. The minimum Gasteiger partial charge on any atom is -0.324 e. The summed E-state index contributed by atoms with van der Waals surface area (Å²) in [7, 11) is 1.89. The summed E-state index contributed by atoms with van der Waals surface area (Å²) >= 11 is 1.62. The van der Waals surface area contributed by atoms with Gasteiger partial charge in [0.05, 0.1) is 23.9 Å². The Kier molecular flexibility index (Phi) is 6.85. The second kappa shape index (κ2) is 9.75. The molecule has 0 radical (unpaired) electrons. The van der Waals surface area contributed by atoms with Gasteiger partial charge in [-0.25, -0.2) is 0 Å². The Hall–Kier alpha value is -3.07. The number of hydrogen-bond acceptors (Lipinski definition) is 4. The lowest BCUT2D eigenvalue weighted by Gasteiger charge is -2.17. The molecule has 3 aromatic rings. The molecule has 4 nitrogen and oxygen atoms in total. The van der Waals surface area contributed by atoms with Crippen molar-refractivity contribution in [1.82, 2.24) is 4.90 Å². The maximum Gasteiger partial charge on any atom is 0.238 e. The van der Waals surface area contributed by atoms with E-state index in [0.29, 0.717) is 12.1 Å². The van der Waals surface area contributed by atoms with Crippen LogP contribution in [0.25, 0.3) is 0 Å². The molecular weight excluding hydrogens is 366 g/mol. The van der Waals surface area contributed by atoms with E-state index in [4.69, 9.17) is 5.26 Å². The van der Waals surface area contributed by atoms with Gasteiger partial charge in [-0.3, -0.25) is 9.69 Å². The molecule has 28 heavy (non-hydrogen) atoms. The van der Waals surface area contributed by atoms with Crippen LogP contribution in [0.4, 0.5) is 5.69 Å². The number of benzene rings is 3. The average Bonchev–Trinajstić information content (AvgIpc) is 2.70. The molecule has 0 aromatic heterocycles. The van der Waals surface area contributed by atoms with Gasteiger partial charge < -0.3 is 5.32 Å². The van der Waals surface area contributed by atoms with Gasteiger partial charge >= 0.3 is 0 Å². The number of carbonyl (C=O) groups is 1. The quantitative estimate of drug-likeness (QED) is 0.634. The van der Waals surface area contributed by atoms with E-state index in [1.54, 1.807) is 17.8 Å². The van der Waals surface area contributed by atoms with E-state index in [-0.39, 0.29) is 12.5 Å². The number of nitriles is 1. The first kappa shape index (κ1) is 19.7. The first-order valence-corrected chi connectivity index (χ1v) is 9.75. The SMILES string of the molecule is CN(CC(=O)Nc1ccccc1Sc1ccccc1)Cc1cccc(C#N)c1. The number of rotatable bonds is 7. The smallest absolute Gasteiger partial charge is 0.238 e. The Balaban J connectivity index is 1.61. The number of anilines is 1. The average molecular weight is 388 g/mol. The van der Waals surface area contributed by atoms with Gasteiger partial charge in [0, 0.05) is 16.3 Å². The molecule has 0 heterocycles. The lowest BCUT2D eigenvalue weighted by atomic mass is 10.1. The highest BCUT2D eigenvalue weighted by atomic mass is 32.2. The monoisotopic (exact) mass is 387 g/mol. The molecule has 0 fully saturated rings. The van der Waals surface area contributed by atoms with Crippen LogP contribution in [-0.2, 0) is 11.3 Å². The molecular formula is C23H21N3OS. The zero-order chi connectivity index (χ0) is 19.8. The minimum absolute atomic E-state index is 0.0694. The molecule has 0 aliphatic heterocycles. The second-order valence-electron chi connectivity index (χ2n) is 6.44. The number of carbonyl (C=O) groups excluding carboxylic acids is 1. The van der Waals surface area contributed by atoms with Crippen molar-refractivity contribution < 1.29 is 4.79 Å². The Morgan fingerprint density at radius 1 is 1.04 bits per heavy atom. The fraction of sp³-hybridized carbons (Fsp3) is 0.130. The molecule has 140 valence electrons. The summed E-state index contributed by atoms with van der Waals surface area (Å²) in [5.74, 6) is -0.0694. The van der Waals surface area contributed by atoms with Crippen LogP contribution >= 0.6 is 11.8 Å². The van der Waals surface area contributed by atoms with Gasteiger partial charge in [0.25, 0.3) is 0 Å². The van der Waals surface area contributed by atoms with Crippen molar-refractivity contribution in [3.05, 3.63) is 90.0 Å². The van der Waals surface area contributed by atoms with Crippen molar-refractivity contribution in [2.24, 2.45) is 0 Å². The van der Waals surface area contributed by atoms with Gasteiger partial charge in [0.15, 0.2) is 0 Å². The number of likely N-dealkylation sites (N-methyl/N-ethyl adjacent to an activating group) is 1. The molecule has 0 spiro atoms. The number of hydrogen-bond donors (Lipinski definition) is 1. The van der Waals surface area contributed by atoms with Crippen LogP contribution in [0.3, 0.4) is 0 Å². The van der Waals surface area contributed by atoms with E-state index in [2.05, 4.69) is 11.4 Å². The van der Waals surface area contributed by atoms with E-state index in [1.807, 2.05) is 84.7 Å². The fourth-order valence-electron chi connectivity index (χ4n) is 2.82. The summed E-state index contributed by atoms with van der Waals surface area (Å²) in [6.45, 7) is 0.866. The van der Waals surface area contributed by atoms with E-state index < -0.39 is 0 Å². The zero-order valence-corrected chi connectivity index (χ0v) is 16.4. The first-order valence-electron chi connectivity index (χ1n) is 8.93. The zero-order valence-electron chi connectivity index (χ0n) is 15.6. The molecule has 0 bridgehead atoms. The van der Waals surface area contributed by atoms with Gasteiger partial charge in [0.1, 0.15) is 0 Å². The maximum absolute atomic E-state index is 12.5. The Labute approximate surface area is 169 Å².